The molecule has 0 atom stereocenters. The summed E-state index contributed by atoms with van der Waals surface area (Å²) in [6.45, 7) is -0.281. The summed E-state index contributed by atoms with van der Waals surface area (Å²) in [6.07, 6.45) is 8.41. The molecule has 19 heavy (non-hydrogen) atoms. The molecule has 0 spiro atoms. The maximum Gasteiger partial charge on any atom is 0.136 e. The molecule has 1 aliphatic rings. The van der Waals surface area contributed by atoms with Crippen LogP contribution in [-0.2, 0) is 6.61 Å². The van der Waals surface area contributed by atoms with Gasteiger partial charge in [-0.05, 0) is 12.8 Å². The summed E-state index contributed by atoms with van der Waals surface area (Å²) in [7, 11) is 0. The second-order valence-electron chi connectivity index (χ2n) is 5.08. The van der Waals surface area contributed by atoms with Crippen molar-refractivity contribution in [1.82, 2.24) is 9.78 Å². The highest BCUT2D eigenvalue weighted by molar-refractivity contribution is 5.63. The Morgan fingerprint density at radius 1 is 1.32 bits per heavy atom. The third-order valence-corrected chi connectivity index (χ3v) is 3.86. The standard InChI is InChI=1S/C15H17FN2O/c16-15-11(10-19)4-3-7-14(15)12-8-17-18(9-12)13-5-1-2-6-13/h3-4,7-9,13,19H,1-2,5-6,10H2. The Kier molecular flexibility index (Phi) is 3.34. The van der Waals surface area contributed by atoms with Crippen LogP contribution in [0.1, 0.15) is 37.3 Å². The SMILES string of the molecule is OCc1cccc(-c2cnn(C3CCCC3)c2)c1F. The molecule has 1 saturated carbocycles. The van der Waals surface area contributed by atoms with Crippen molar-refractivity contribution in [2.45, 2.75) is 38.3 Å². The number of aromatic nitrogens is 2. The van der Waals surface area contributed by atoms with E-state index in [9.17, 15) is 4.39 Å². The molecule has 3 nitrogen and oxygen atoms in total. The molecule has 1 aliphatic carbocycles. The minimum absolute atomic E-state index is 0.281. The summed E-state index contributed by atoms with van der Waals surface area (Å²) in [4.78, 5) is 0. The molecule has 0 saturated heterocycles. The van der Waals surface area contributed by atoms with Crippen molar-refractivity contribution in [3.63, 3.8) is 0 Å². The fourth-order valence-electron chi connectivity index (χ4n) is 2.77. The normalized spacial score (nSPS) is 16.1. The maximum absolute atomic E-state index is 14.1. The Hall–Kier alpha value is -1.68. The predicted octanol–water partition coefficient (Wildman–Crippen LogP) is 3.30. The summed E-state index contributed by atoms with van der Waals surface area (Å²) in [6, 6.07) is 5.54. The first-order valence-electron chi connectivity index (χ1n) is 6.72. The van der Waals surface area contributed by atoms with Crippen molar-refractivity contribution in [1.29, 1.82) is 0 Å². The smallest absolute Gasteiger partial charge is 0.136 e. The molecule has 0 amide bonds. The van der Waals surface area contributed by atoms with E-state index in [-0.39, 0.29) is 12.4 Å². The van der Waals surface area contributed by atoms with Gasteiger partial charge in [0.2, 0.25) is 0 Å². The predicted molar refractivity (Wildman–Crippen MR) is 71.0 cm³/mol. The summed E-state index contributed by atoms with van der Waals surface area (Å²) in [5.41, 5.74) is 1.61. The average Bonchev–Trinajstić information content (AvgIpc) is 3.09. The van der Waals surface area contributed by atoms with Crippen LogP contribution in [0, 0.1) is 5.82 Å². The van der Waals surface area contributed by atoms with Crippen LogP contribution in [0.15, 0.2) is 30.6 Å². The molecule has 0 radical (unpaired) electrons. The lowest BCUT2D eigenvalue weighted by Gasteiger charge is -2.08. The van der Waals surface area contributed by atoms with Crippen molar-refractivity contribution >= 4 is 0 Å². The maximum atomic E-state index is 14.1. The first kappa shape index (κ1) is 12.4. The monoisotopic (exact) mass is 260 g/mol. The van der Waals surface area contributed by atoms with E-state index >= 15 is 0 Å². The van der Waals surface area contributed by atoms with Gasteiger partial charge in [-0.25, -0.2) is 4.39 Å². The number of hydrogen-bond acceptors (Lipinski definition) is 2. The number of nitrogens with zero attached hydrogens (tertiary/aromatic N) is 2. The molecule has 0 aliphatic heterocycles. The zero-order chi connectivity index (χ0) is 13.2. The third kappa shape index (κ3) is 2.28. The van der Waals surface area contributed by atoms with Crippen molar-refractivity contribution < 1.29 is 9.50 Å². The van der Waals surface area contributed by atoms with E-state index in [4.69, 9.17) is 5.11 Å². The molecular formula is C15H17FN2O. The van der Waals surface area contributed by atoms with Crippen LogP contribution in [0.5, 0.6) is 0 Å². The van der Waals surface area contributed by atoms with Gasteiger partial charge in [0.15, 0.2) is 0 Å². The fourth-order valence-corrected chi connectivity index (χ4v) is 2.77. The Balaban J connectivity index is 1.94. The van der Waals surface area contributed by atoms with Gasteiger partial charge in [-0.15, -0.1) is 0 Å². The second kappa shape index (κ2) is 5.13. The van der Waals surface area contributed by atoms with Crippen molar-refractivity contribution in [3.8, 4) is 11.1 Å². The van der Waals surface area contributed by atoms with E-state index in [1.165, 1.54) is 12.8 Å². The molecule has 4 heteroatoms. The Labute approximate surface area is 111 Å². The van der Waals surface area contributed by atoms with E-state index in [0.717, 1.165) is 18.4 Å². The zero-order valence-corrected chi connectivity index (χ0v) is 10.7. The van der Waals surface area contributed by atoms with E-state index < -0.39 is 0 Å². The van der Waals surface area contributed by atoms with Crippen molar-refractivity contribution in [2.24, 2.45) is 0 Å². The summed E-state index contributed by atoms with van der Waals surface area (Å²) in [5, 5.41) is 13.5. The molecule has 100 valence electrons. The molecular weight excluding hydrogens is 243 g/mol. The first-order valence-corrected chi connectivity index (χ1v) is 6.72. The van der Waals surface area contributed by atoms with Crippen LogP contribution in [0.3, 0.4) is 0 Å². The lowest BCUT2D eigenvalue weighted by atomic mass is 10.1. The fraction of sp³-hybridized carbons (Fsp3) is 0.400. The Morgan fingerprint density at radius 2 is 2.11 bits per heavy atom. The average molecular weight is 260 g/mol. The topological polar surface area (TPSA) is 38.1 Å². The largest absolute Gasteiger partial charge is 0.392 e. The van der Waals surface area contributed by atoms with Crippen LogP contribution >= 0.6 is 0 Å². The molecule has 0 unspecified atom stereocenters. The highest BCUT2D eigenvalue weighted by Crippen LogP contribution is 2.31. The van der Waals surface area contributed by atoms with Gasteiger partial charge in [-0.2, -0.15) is 5.10 Å². The minimum Gasteiger partial charge on any atom is -0.392 e. The summed E-state index contributed by atoms with van der Waals surface area (Å²) in [5.74, 6) is -0.351. The number of rotatable bonds is 3. The van der Waals surface area contributed by atoms with E-state index in [1.807, 2.05) is 10.9 Å². The minimum atomic E-state index is -0.351. The molecule has 1 heterocycles. The van der Waals surface area contributed by atoms with Gasteiger partial charge >= 0.3 is 0 Å². The Bertz CT molecular complexity index is 573. The Morgan fingerprint density at radius 3 is 2.84 bits per heavy atom. The van der Waals surface area contributed by atoms with E-state index in [1.54, 1.807) is 24.4 Å². The number of halogens is 1. The quantitative estimate of drug-likeness (QED) is 0.919. The van der Waals surface area contributed by atoms with Crippen molar-refractivity contribution in [2.75, 3.05) is 0 Å². The first-order chi connectivity index (χ1) is 9.29. The van der Waals surface area contributed by atoms with Gasteiger partial charge in [0.1, 0.15) is 5.82 Å². The van der Waals surface area contributed by atoms with Gasteiger partial charge in [0.25, 0.3) is 0 Å². The highest BCUT2D eigenvalue weighted by atomic mass is 19.1. The van der Waals surface area contributed by atoms with Crippen LogP contribution in [0.4, 0.5) is 4.39 Å². The van der Waals surface area contributed by atoms with Crippen LogP contribution in [0.25, 0.3) is 11.1 Å². The molecule has 3 rings (SSSR count). The zero-order valence-electron chi connectivity index (χ0n) is 10.7. The second-order valence-corrected chi connectivity index (χ2v) is 5.08. The molecule has 0 bridgehead atoms. The number of benzene rings is 1. The lowest BCUT2D eigenvalue weighted by molar-refractivity contribution is 0.276. The number of hydrogen-bond donors (Lipinski definition) is 1. The molecule has 1 aromatic heterocycles. The van der Waals surface area contributed by atoms with Gasteiger partial charge in [0.05, 0.1) is 18.8 Å². The molecule has 1 N–H and O–H groups in total. The third-order valence-electron chi connectivity index (χ3n) is 3.86. The van der Waals surface area contributed by atoms with Crippen molar-refractivity contribution in [3.05, 3.63) is 42.0 Å². The molecule has 2 aromatic rings. The summed E-state index contributed by atoms with van der Waals surface area (Å²) < 4.78 is 16.1. The van der Waals surface area contributed by atoms with Gasteiger partial charge in [-0.3, -0.25) is 4.68 Å². The van der Waals surface area contributed by atoms with Crippen LogP contribution < -0.4 is 0 Å². The van der Waals surface area contributed by atoms with Gasteiger partial charge in [0, 0.05) is 22.9 Å². The lowest BCUT2D eigenvalue weighted by Crippen LogP contribution is -2.04. The van der Waals surface area contributed by atoms with Gasteiger partial charge < -0.3 is 5.11 Å². The van der Waals surface area contributed by atoms with Crippen LogP contribution in [-0.4, -0.2) is 14.9 Å². The summed E-state index contributed by atoms with van der Waals surface area (Å²) >= 11 is 0. The van der Waals surface area contributed by atoms with Gasteiger partial charge in [-0.1, -0.05) is 31.0 Å². The highest BCUT2D eigenvalue weighted by Gasteiger charge is 2.18. The van der Waals surface area contributed by atoms with E-state index in [0.29, 0.717) is 17.2 Å². The molecule has 1 aromatic carbocycles. The number of aliphatic hydroxyl groups is 1. The van der Waals surface area contributed by atoms with E-state index in [2.05, 4.69) is 5.10 Å². The number of aliphatic hydroxyl groups excluding tert-OH is 1. The molecule has 1 fully saturated rings. The van der Waals surface area contributed by atoms with Crippen LogP contribution in [0.2, 0.25) is 0 Å².